The number of aliphatic hydroxyl groups excluding tert-OH is 1. The second-order valence-corrected chi connectivity index (χ2v) is 7.21. The van der Waals surface area contributed by atoms with Gasteiger partial charge in [0.05, 0.1) is 6.61 Å². The number of hydrogen-bond acceptors (Lipinski definition) is 6. The van der Waals surface area contributed by atoms with Gasteiger partial charge >= 0.3 is 0 Å². The molecule has 0 bridgehead atoms. The largest absolute Gasteiger partial charge is 0.494 e. The fourth-order valence-electron chi connectivity index (χ4n) is 3.31. The summed E-state index contributed by atoms with van der Waals surface area (Å²) in [6.45, 7) is 6.45. The number of aryl methyl sites for hydroxylation is 1. The Bertz CT molecular complexity index is 710. The summed E-state index contributed by atoms with van der Waals surface area (Å²) in [6.07, 6.45) is 4.18. The highest BCUT2D eigenvalue weighted by molar-refractivity contribution is 5.28. The van der Waals surface area contributed by atoms with E-state index >= 15 is 0 Å². The van der Waals surface area contributed by atoms with E-state index in [0.717, 1.165) is 25.3 Å². The normalized spacial score (nSPS) is 16.3. The molecule has 0 amide bonds. The van der Waals surface area contributed by atoms with Crippen molar-refractivity contribution in [2.24, 2.45) is 7.05 Å². The van der Waals surface area contributed by atoms with E-state index in [1.165, 1.54) is 37.9 Å². The number of nitrogens with one attached hydrogen (secondary N) is 1. The first-order chi connectivity index (χ1) is 13.1. The summed E-state index contributed by atoms with van der Waals surface area (Å²) in [6, 6.07) is 8.42. The summed E-state index contributed by atoms with van der Waals surface area (Å²) in [5.74, 6) is 2.02. The fourth-order valence-corrected chi connectivity index (χ4v) is 3.31. The molecule has 2 aromatic rings. The average molecular weight is 374 g/mol. The number of likely N-dealkylation sites (tertiary alicyclic amines) is 1. The Balaban J connectivity index is 1.39. The molecule has 7 nitrogen and oxygen atoms in total. The minimum Gasteiger partial charge on any atom is -0.494 e. The van der Waals surface area contributed by atoms with Crippen LogP contribution < -0.4 is 10.1 Å². The number of nitrogens with zero attached hydrogens (tertiary/aromatic N) is 4. The van der Waals surface area contributed by atoms with E-state index in [4.69, 9.17) is 4.74 Å². The van der Waals surface area contributed by atoms with Crippen molar-refractivity contribution < 1.29 is 9.84 Å². The Morgan fingerprint density at radius 2 is 2.07 bits per heavy atom. The van der Waals surface area contributed by atoms with E-state index in [2.05, 4.69) is 38.5 Å². The van der Waals surface area contributed by atoms with Crippen LogP contribution in [-0.4, -0.2) is 51.0 Å². The lowest BCUT2D eigenvalue weighted by Gasteiger charge is -2.26. The number of piperidine rings is 1. The molecule has 1 aliphatic rings. The number of rotatable bonds is 9. The molecular formula is C20H31N5O2. The van der Waals surface area contributed by atoms with E-state index in [1.807, 2.05) is 13.1 Å². The molecule has 0 radical (unpaired) electrons. The SMILES string of the molecule is CC(O)c1nc(NCCCOc2cccc(CN3CCCCC3)c2)n(C)n1. The number of aliphatic hydroxyl groups is 1. The van der Waals surface area contributed by atoms with E-state index in [-0.39, 0.29) is 0 Å². The van der Waals surface area contributed by atoms with Crippen LogP contribution in [0.15, 0.2) is 24.3 Å². The molecule has 0 aliphatic carbocycles. The maximum atomic E-state index is 9.53. The summed E-state index contributed by atoms with van der Waals surface area (Å²) < 4.78 is 7.55. The molecule has 148 valence electrons. The molecule has 0 spiro atoms. The zero-order chi connectivity index (χ0) is 19.1. The quantitative estimate of drug-likeness (QED) is 0.658. The summed E-state index contributed by atoms with van der Waals surface area (Å²) >= 11 is 0. The molecular weight excluding hydrogens is 342 g/mol. The van der Waals surface area contributed by atoms with Gasteiger partial charge in [-0.3, -0.25) is 4.90 Å². The van der Waals surface area contributed by atoms with Gasteiger partial charge < -0.3 is 15.2 Å². The number of benzene rings is 1. The molecule has 2 heterocycles. The molecule has 0 saturated carbocycles. The number of ether oxygens (including phenoxy) is 1. The van der Waals surface area contributed by atoms with Gasteiger partial charge in [0.1, 0.15) is 11.9 Å². The van der Waals surface area contributed by atoms with E-state index in [1.54, 1.807) is 11.6 Å². The van der Waals surface area contributed by atoms with Crippen molar-refractivity contribution in [3.05, 3.63) is 35.7 Å². The van der Waals surface area contributed by atoms with Crippen LogP contribution in [0.1, 0.15) is 50.1 Å². The highest BCUT2D eigenvalue weighted by Gasteiger charge is 2.11. The second-order valence-electron chi connectivity index (χ2n) is 7.21. The van der Waals surface area contributed by atoms with Gasteiger partial charge in [-0.2, -0.15) is 10.1 Å². The molecule has 27 heavy (non-hydrogen) atoms. The second kappa shape index (κ2) is 9.71. The average Bonchev–Trinajstić information content (AvgIpc) is 3.04. The Labute approximate surface area is 161 Å². The first-order valence-corrected chi connectivity index (χ1v) is 9.89. The highest BCUT2D eigenvalue weighted by Crippen LogP contribution is 2.18. The Morgan fingerprint density at radius 1 is 1.26 bits per heavy atom. The maximum Gasteiger partial charge on any atom is 0.221 e. The lowest BCUT2D eigenvalue weighted by Crippen LogP contribution is -2.29. The van der Waals surface area contributed by atoms with Crippen LogP contribution in [-0.2, 0) is 13.6 Å². The highest BCUT2D eigenvalue weighted by atomic mass is 16.5. The van der Waals surface area contributed by atoms with E-state index in [0.29, 0.717) is 18.4 Å². The van der Waals surface area contributed by atoms with Crippen molar-refractivity contribution in [3.63, 3.8) is 0 Å². The van der Waals surface area contributed by atoms with Crippen LogP contribution in [0.4, 0.5) is 5.95 Å². The number of aromatic nitrogens is 3. The smallest absolute Gasteiger partial charge is 0.221 e. The Morgan fingerprint density at radius 3 is 2.81 bits per heavy atom. The van der Waals surface area contributed by atoms with Crippen molar-refractivity contribution in [1.29, 1.82) is 0 Å². The van der Waals surface area contributed by atoms with Gasteiger partial charge in [0.15, 0.2) is 5.82 Å². The molecule has 1 atom stereocenters. The minimum absolute atomic E-state index is 0.432. The van der Waals surface area contributed by atoms with Crippen molar-refractivity contribution in [2.45, 2.75) is 45.3 Å². The van der Waals surface area contributed by atoms with Crippen molar-refractivity contribution in [2.75, 3.05) is 31.6 Å². The Kier molecular flexibility index (Phi) is 7.06. The van der Waals surface area contributed by atoms with Crippen LogP contribution in [0.5, 0.6) is 5.75 Å². The van der Waals surface area contributed by atoms with Gasteiger partial charge in [-0.05, 0) is 57.0 Å². The molecule has 3 rings (SSSR count). The minimum atomic E-state index is -0.660. The molecule has 1 aromatic carbocycles. The third-order valence-electron chi connectivity index (χ3n) is 4.78. The third kappa shape index (κ3) is 5.94. The van der Waals surface area contributed by atoms with Crippen LogP contribution in [0.2, 0.25) is 0 Å². The molecule has 2 N–H and O–H groups in total. The first kappa shape index (κ1) is 19.6. The van der Waals surface area contributed by atoms with Gasteiger partial charge in [-0.15, -0.1) is 0 Å². The van der Waals surface area contributed by atoms with E-state index < -0.39 is 6.10 Å². The lowest BCUT2D eigenvalue weighted by molar-refractivity contribution is 0.188. The predicted octanol–water partition coefficient (Wildman–Crippen LogP) is 2.74. The van der Waals surface area contributed by atoms with Gasteiger partial charge in [-0.25, -0.2) is 4.68 Å². The monoisotopic (exact) mass is 373 g/mol. The topological polar surface area (TPSA) is 75.4 Å². The zero-order valence-electron chi connectivity index (χ0n) is 16.4. The number of hydrogen-bond donors (Lipinski definition) is 2. The molecule has 7 heteroatoms. The molecule has 1 aromatic heterocycles. The summed E-state index contributed by atoms with van der Waals surface area (Å²) in [7, 11) is 1.81. The molecule has 1 saturated heterocycles. The maximum absolute atomic E-state index is 9.53. The standard InChI is InChI=1S/C20H31N5O2/c1-16(26)19-22-20(24(2)23-19)21-10-7-13-27-18-9-6-8-17(14-18)15-25-11-4-3-5-12-25/h6,8-9,14,16,26H,3-5,7,10-13,15H2,1-2H3,(H,21,22,23). The van der Waals surface area contributed by atoms with Gasteiger partial charge in [0, 0.05) is 20.1 Å². The van der Waals surface area contributed by atoms with Gasteiger partial charge in [-0.1, -0.05) is 18.6 Å². The van der Waals surface area contributed by atoms with Crippen LogP contribution in [0, 0.1) is 0 Å². The van der Waals surface area contributed by atoms with Crippen LogP contribution in [0.3, 0.4) is 0 Å². The summed E-state index contributed by atoms with van der Waals surface area (Å²) in [5.41, 5.74) is 1.32. The molecule has 1 aliphatic heterocycles. The van der Waals surface area contributed by atoms with Gasteiger partial charge in [0.25, 0.3) is 0 Å². The van der Waals surface area contributed by atoms with Crippen LogP contribution in [0.25, 0.3) is 0 Å². The zero-order valence-corrected chi connectivity index (χ0v) is 16.4. The first-order valence-electron chi connectivity index (χ1n) is 9.89. The third-order valence-corrected chi connectivity index (χ3v) is 4.78. The van der Waals surface area contributed by atoms with Gasteiger partial charge in [0.2, 0.25) is 5.95 Å². The van der Waals surface area contributed by atoms with Crippen LogP contribution >= 0.6 is 0 Å². The van der Waals surface area contributed by atoms with Crippen molar-refractivity contribution in [3.8, 4) is 5.75 Å². The summed E-state index contributed by atoms with van der Waals surface area (Å²) in [4.78, 5) is 6.80. The molecule has 1 unspecified atom stereocenters. The molecule has 1 fully saturated rings. The van der Waals surface area contributed by atoms with Crippen molar-refractivity contribution in [1.82, 2.24) is 19.7 Å². The summed E-state index contributed by atoms with van der Waals surface area (Å²) in [5, 5.41) is 16.9. The number of anilines is 1. The van der Waals surface area contributed by atoms with Crippen molar-refractivity contribution >= 4 is 5.95 Å². The fraction of sp³-hybridized carbons (Fsp3) is 0.600. The lowest BCUT2D eigenvalue weighted by atomic mass is 10.1. The van der Waals surface area contributed by atoms with E-state index in [9.17, 15) is 5.11 Å². The Hall–Kier alpha value is -2.12. The predicted molar refractivity (Wildman–Crippen MR) is 106 cm³/mol.